The summed E-state index contributed by atoms with van der Waals surface area (Å²) >= 11 is 0. The number of nitrogens with two attached hydrogens (primary N) is 1. The molecule has 0 atom stereocenters. The highest BCUT2D eigenvalue weighted by atomic mass is 33.1. The number of allylic oxidation sites excluding steroid dienone is 2. The Morgan fingerprint density at radius 1 is 0.726 bits per heavy atom. The lowest BCUT2D eigenvalue weighted by atomic mass is 9.80. The van der Waals surface area contributed by atoms with Crippen molar-refractivity contribution in [1.82, 2.24) is 19.8 Å². The normalized spacial score (nSPS) is 13.9. The van der Waals surface area contributed by atoms with E-state index in [1.165, 1.54) is 28.2 Å². The van der Waals surface area contributed by atoms with Gasteiger partial charge < -0.3 is 25.1 Å². The number of hydrogen-bond acceptors (Lipinski definition) is 4. The lowest BCUT2D eigenvalue weighted by molar-refractivity contribution is -0.540. The lowest BCUT2D eigenvalue weighted by Gasteiger charge is -2.24. The van der Waals surface area contributed by atoms with Gasteiger partial charge in [0, 0.05) is 92.2 Å². The fourth-order valence-electron chi connectivity index (χ4n) is 9.14. The van der Waals surface area contributed by atoms with Crippen LogP contribution in [0.4, 0.5) is 11.4 Å². The van der Waals surface area contributed by atoms with Crippen LogP contribution in [0.15, 0.2) is 109 Å². The topological polar surface area (TPSA) is 87.7 Å². The van der Waals surface area contributed by atoms with Crippen LogP contribution in [-0.4, -0.2) is 69.9 Å². The Balaban J connectivity index is 0.865. The first-order valence-corrected chi connectivity index (χ1v) is 24.2. The van der Waals surface area contributed by atoms with Gasteiger partial charge in [-0.25, -0.2) is 0 Å². The predicted octanol–water partition coefficient (Wildman–Crippen LogP) is 9.45. The highest BCUT2D eigenvalue weighted by Gasteiger charge is 2.42. The summed E-state index contributed by atoms with van der Waals surface area (Å²) in [4.78, 5) is 26.4. The number of carbonyl (C=O) groups excluding carboxylic acids is 2. The molecule has 1 aliphatic heterocycles. The highest BCUT2D eigenvalue weighted by Crippen LogP contribution is 2.40. The number of benzene rings is 4. The van der Waals surface area contributed by atoms with Crippen LogP contribution in [-0.2, 0) is 33.5 Å². The van der Waals surface area contributed by atoms with Crippen molar-refractivity contribution in [3.63, 3.8) is 0 Å². The zero-order valence-electron chi connectivity index (χ0n) is 37.5. The van der Waals surface area contributed by atoms with Gasteiger partial charge in [-0.05, 0) is 63.8 Å². The molecule has 4 N–H and O–H groups in total. The summed E-state index contributed by atoms with van der Waals surface area (Å²) in [5.74, 6) is 1.55. The number of nitrogens with zero attached hydrogens (tertiary/aromatic N) is 3. The zero-order valence-corrected chi connectivity index (χ0v) is 39.2. The second-order valence-electron chi connectivity index (χ2n) is 17.3. The number of aromatic nitrogens is 2. The molecule has 0 saturated heterocycles. The molecule has 2 amide bonds. The number of hydrogen-bond donors (Lipinski definition) is 3. The van der Waals surface area contributed by atoms with Gasteiger partial charge in [-0.2, -0.15) is 4.58 Å². The molecule has 0 unspecified atom stereocenters. The molecule has 8 nitrogen and oxygen atoms in total. The fourth-order valence-corrected chi connectivity index (χ4v) is 10.9. The van der Waals surface area contributed by atoms with Crippen molar-refractivity contribution in [3.8, 4) is 0 Å². The maximum atomic E-state index is 13.2. The van der Waals surface area contributed by atoms with Crippen LogP contribution in [0.1, 0.15) is 67.8 Å². The van der Waals surface area contributed by atoms with E-state index >= 15 is 0 Å². The molecular formula is C52H62N6O2S2+2. The van der Waals surface area contributed by atoms with Gasteiger partial charge in [0.05, 0.1) is 12.5 Å². The maximum absolute atomic E-state index is 13.2. The Labute approximate surface area is 375 Å². The van der Waals surface area contributed by atoms with Gasteiger partial charge in [0.25, 0.3) is 0 Å². The van der Waals surface area contributed by atoms with Crippen molar-refractivity contribution in [2.45, 2.75) is 71.9 Å². The molecule has 2 aromatic heterocycles. The van der Waals surface area contributed by atoms with Crippen LogP contribution in [0.25, 0.3) is 34.0 Å². The smallest absolute Gasteiger partial charge is 0.239 e. The van der Waals surface area contributed by atoms with Crippen LogP contribution < -0.4 is 16.0 Å². The standard InChI is InChI=1S/C52H60N6O2S2/c1-36-38(20-17-29-51(3,4)42-21-11-13-23-44(42)53-7)40-18-9-14-24-45(40)57(36)34-49(59)54-30-32-61-62-33-31-55-50(60)35-58-37(2)39(41-19-10-15-25-46(41)58)27-28-48-52(5,6)43-22-12-16-26-47(43)56(48)8/h9-28,53H,29-35H2,1-8H3,(H-,54,55,59,60)/p+2/b20-17+. The molecule has 4 aromatic carbocycles. The summed E-state index contributed by atoms with van der Waals surface area (Å²) in [6.07, 6.45) is 9.87. The summed E-state index contributed by atoms with van der Waals surface area (Å²) in [6.45, 7) is 15.1. The molecule has 0 bridgehead atoms. The van der Waals surface area contributed by atoms with E-state index < -0.39 is 0 Å². The third kappa shape index (κ3) is 9.38. The molecule has 3 heterocycles. The van der Waals surface area contributed by atoms with Crippen molar-refractivity contribution in [3.05, 3.63) is 143 Å². The molecule has 0 saturated carbocycles. The number of amides is 2. The van der Waals surface area contributed by atoms with Crippen molar-refractivity contribution in [2.75, 3.05) is 38.7 Å². The lowest BCUT2D eigenvalue weighted by Crippen LogP contribution is -2.73. The molecular weight excluding hydrogens is 805 g/mol. The summed E-state index contributed by atoms with van der Waals surface area (Å²) in [5, 5.41) is 10.7. The van der Waals surface area contributed by atoms with Crippen LogP contribution in [0.3, 0.4) is 0 Å². The number of carbonyl (C=O) groups is 2. The maximum Gasteiger partial charge on any atom is 0.239 e. The Bertz CT molecular complexity index is 2700. The van der Waals surface area contributed by atoms with Gasteiger partial charge in [0.2, 0.25) is 17.5 Å². The molecule has 0 fully saturated rings. The van der Waals surface area contributed by atoms with Crippen molar-refractivity contribution in [1.29, 1.82) is 0 Å². The molecule has 6 aromatic rings. The van der Waals surface area contributed by atoms with E-state index in [9.17, 15) is 9.59 Å². The van der Waals surface area contributed by atoms with Crippen LogP contribution in [0, 0.1) is 13.8 Å². The average molecular weight is 867 g/mol. The van der Waals surface area contributed by atoms with Crippen LogP contribution in [0.5, 0.6) is 0 Å². The van der Waals surface area contributed by atoms with Crippen LogP contribution >= 0.6 is 21.6 Å². The molecule has 322 valence electrons. The first-order valence-electron chi connectivity index (χ1n) is 21.7. The predicted molar refractivity (Wildman–Crippen MR) is 264 cm³/mol. The summed E-state index contributed by atoms with van der Waals surface area (Å²) in [6, 6.07) is 33.9. The van der Waals surface area contributed by atoms with Gasteiger partial charge in [-0.15, -0.1) is 0 Å². The Morgan fingerprint density at radius 2 is 1.24 bits per heavy atom. The van der Waals surface area contributed by atoms with E-state index in [-0.39, 0.29) is 35.7 Å². The summed E-state index contributed by atoms with van der Waals surface area (Å²) in [7, 11) is 7.66. The van der Waals surface area contributed by atoms with Crippen molar-refractivity contribution >= 4 is 84.4 Å². The minimum Gasteiger partial charge on any atom is -0.354 e. The Hall–Kier alpha value is -5.29. The molecule has 0 spiro atoms. The second-order valence-corrected chi connectivity index (χ2v) is 20.0. The molecule has 1 aliphatic rings. The van der Waals surface area contributed by atoms with Gasteiger partial charge in [0.15, 0.2) is 5.71 Å². The van der Waals surface area contributed by atoms with E-state index in [4.69, 9.17) is 0 Å². The molecule has 0 radical (unpaired) electrons. The average Bonchev–Trinajstić information content (AvgIpc) is 3.76. The SMILES string of the molecule is C[NH2+]c1ccccc1C(C)(C)C/C=C/c1c(C)n(CC(=O)NCCSSCCNC(=O)Cn2c(C)c(/C=C/C3=[N+](C)c4ccccc4C3(C)C)c3ccccc32)c2ccccc12. The zero-order chi connectivity index (χ0) is 44.0. The van der Waals surface area contributed by atoms with Crippen LogP contribution in [0.2, 0.25) is 0 Å². The van der Waals surface area contributed by atoms with Gasteiger partial charge in [0.1, 0.15) is 25.8 Å². The van der Waals surface area contributed by atoms with E-state index in [2.05, 4.69) is 195 Å². The van der Waals surface area contributed by atoms with E-state index in [0.29, 0.717) is 13.1 Å². The first kappa shape index (κ1) is 44.8. The molecule has 7 rings (SSSR count). The van der Waals surface area contributed by atoms with Gasteiger partial charge in [-0.1, -0.05) is 120 Å². The first-order chi connectivity index (χ1) is 29.8. The van der Waals surface area contributed by atoms with E-state index in [1.807, 2.05) is 12.1 Å². The highest BCUT2D eigenvalue weighted by molar-refractivity contribution is 8.76. The number of para-hydroxylation sites is 4. The third-order valence-electron chi connectivity index (χ3n) is 12.5. The number of quaternary nitrogens is 1. The molecule has 10 heteroatoms. The Kier molecular flexibility index (Phi) is 14.0. The summed E-state index contributed by atoms with van der Waals surface area (Å²) < 4.78 is 6.55. The Morgan fingerprint density at radius 3 is 1.82 bits per heavy atom. The molecule has 0 aliphatic carbocycles. The fraction of sp³-hybridized carbons (Fsp3) is 0.327. The number of fused-ring (bicyclic) bond motifs is 3. The second kappa shape index (κ2) is 19.4. The van der Waals surface area contributed by atoms with E-state index in [0.717, 1.165) is 62.2 Å². The number of nitrogens with one attached hydrogen (secondary N) is 2. The monoisotopic (exact) mass is 866 g/mol. The van der Waals surface area contributed by atoms with E-state index in [1.54, 1.807) is 21.6 Å². The molecule has 62 heavy (non-hydrogen) atoms. The quantitative estimate of drug-likeness (QED) is 0.0348. The minimum atomic E-state index is -0.112. The third-order valence-corrected chi connectivity index (χ3v) is 14.9. The largest absolute Gasteiger partial charge is 0.354 e. The van der Waals surface area contributed by atoms with Gasteiger partial charge >= 0.3 is 0 Å². The number of rotatable bonds is 18. The van der Waals surface area contributed by atoms with Crippen molar-refractivity contribution < 1.29 is 19.5 Å². The minimum absolute atomic E-state index is 0.00122. The van der Waals surface area contributed by atoms with Crippen molar-refractivity contribution in [2.24, 2.45) is 0 Å². The van der Waals surface area contributed by atoms with Gasteiger partial charge in [-0.3, -0.25) is 9.59 Å². The summed E-state index contributed by atoms with van der Waals surface area (Å²) in [5.41, 5.74) is 12.9.